The minimum Gasteiger partial charge on any atom is -0.490 e. The van der Waals surface area contributed by atoms with Gasteiger partial charge in [0.15, 0.2) is 0 Å². The summed E-state index contributed by atoms with van der Waals surface area (Å²) in [5.74, 6) is -0.0669. The van der Waals surface area contributed by atoms with Crippen LogP contribution in [0.15, 0.2) is 43.0 Å². The second-order valence-electron chi connectivity index (χ2n) is 8.23. The Bertz CT molecular complexity index is 1450. The number of nitrogen functional groups attached to an aromatic ring is 1. The highest BCUT2D eigenvalue weighted by atomic mass is 19.4. The molecular weight excluding hydrogens is 453 g/mol. The monoisotopic (exact) mass is 470 g/mol. The molecule has 0 radical (unpaired) electrons. The van der Waals surface area contributed by atoms with Crippen LogP contribution in [0, 0.1) is 0 Å². The molecule has 6 rings (SSSR count). The average Bonchev–Trinajstić information content (AvgIpc) is 3.29. The Morgan fingerprint density at radius 1 is 1.21 bits per heavy atom. The quantitative estimate of drug-likeness (QED) is 0.478. The van der Waals surface area contributed by atoms with Crippen molar-refractivity contribution in [3.8, 4) is 11.5 Å². The smallest absolute Gasteiger partial charge is 0.490 e. The number of hydrogen-bond donors (Lipinski definition) is 1. The summed E-state index contributed by atoms with van der Waals surface area (Å²) in [7, 11) is 0. The van der Waals surface area contributed by atoms with Gasteiger partial charge in [-0.3, -0.25) is 9.20 Å². The van der Waals surface area contributed by atoms with Crippen LogP contribution in [-0.2, 0) is 0 Å². The largest absolute Gasteiger partial charge is 0.573 e. The van der Waals surface area contributed by atoms with Gasteiger partial charge in [0.2, 0.25) is 0 Å². The maximum absolute atomic E-state index is 13.5. The number of imidazole rings is 1. The van der Waals surface area contributed by atoms with Crippen molar-refractivity contribution in [2.75, 3.05) is 12.3 Å². The van der Waals surface area contributed by atoms with Crippen molar-refractivity contribution in [2.24, 2.45) is 0 Å². The van der Waals surface area contributed by atoms with Crippen molar-refractivity contribution < 1.29 is 27.4 Å². The lowest BCUT2D eigenvalue weighted by Gasteiger charge is -2.43. The summed E-state index contributed by atoms with van der Waals surface area (Å²) >= 11 is 0. The summed E-state index contributed by atoms with van der Waals surface area (Å²) in [6, 6.07) is 5.25. The molecule has 174 valence electrons. The number of nitrogens with zero attached hydrogens (tertiary/aromatic N) is 5. The van der Waals surface area contributed by atoms with E-state index in [1.165, 1.54) is 24.4 Å². The Hall–Kier alpha value is -4.09. The Labute approximate surface area is 189 Å². The normalized spacial score (nSPS) is 19.7. The van der Waals surface area contributed by atoms with Gasteiger partial charge in [0.1, 0.15) is 40.1 Å². The number of likely N-dealkylation sites (tertiary alicyclic amines) is 1. The second kappa shape index (κ2) is 7.20. The molecule has 3 aromatic heterocycles. The number of benzene rings is 1. The van der Waals surface area contributed by atoms with Gasteiger partial charge in [-0.1, -0.05) is 0 Å². The summed E-state index contributed by atoms with van der Waals surface area (Å²) < 4.78 is 49.5. The molecule has 4 aromatic rings. The highest BCUT2D eigenvalue weighted by Gasteiger charge is 2.40. The molecule has 2 N–H and O–H groups in total. The van der Waals surface area contributed by atoms with Crippen LogP contribution < -0.4 is 15.2 Å². The van der Waals surface area contributed by atoms with Gasteiger partial charge >= 0.3 is 6.36 Å². The van der Waals surface area contributed by atoms with Gasteiger partial charge in [-0.15, -0.1) is 13.2 Å². The zero-order chi connectivity index (χ0) is 23.6. The van der Waals surface area contributed by atoms with Gasteiger partial charge in [0, 0.05) is 31.0 Å². The number of halogens is 3. The fourth-order valence-electron chi connectivity index (χ4n) is 4.69. The molecule has 12 heteroatoms. The molecular formula is C22H17F3N6O3. The maximum atomic E-state index is 13.5. The van der Waals surface area contributed by atoms with Crippen molar-refractivity contribution in [1.29, 1.82) is 0 Å². The number of rotatable bonds is 2. The van der Waals surface area contributed by atoms with Gasteiger partial charge in [0.25, 0.3) is 5.91 Å². The number of pyridine rings is 1. The van der Waals surface area contributed by atoms with Gasteiger partial charge in [-0.25, -0.2) is 15.0 Å². The first-order valence-corrected chi connectivity index (χ1v) is 10.5. The second-order valence-corrected chi connectivity index (χ2v) is 8.23. The molecule has 1 saturated heterocycles. The first kappa shape index (κ1) is 20.5. The molecule has 2 bridgehead atoms. The van der Waals surface area contributed by atoms with E-state index < -0.39 is 6.36 Å². The molecule has 1 amide bonds. The number of alkyl halides is 3. The summed E-state index contributed by atoms with van der Waals surface area (Å²) in [5, 5.41) is 0. The van der Waals surface area contributed by atoms with Gasteiger partial charge in [-0.05, 0) is 18.2 Å². The van der Waals surface area contributed by atoms with Crippen LogP contribution >= 0.6 is 0 Å². The molecule has 2 atom stereocenters. The van der Waals surface area contributed by atoms with Crippen LogP contribution in [0.3, 0.4) is 0 Å². The first-order valence-electron chi connectivity index (χ1n) is 10.5. The third kappa shape index (κ3) is 3.33. The lowest BCUT2D eigenvalue weighted by Crippen LogP contribution is -2.46. The lowest BCUT2D eigenvalue weighted by atomic mass is 9.89. The predicted octanol–water partition coefficient (Wildman–Crippen LogP) is 3.50. The number of fused-ring (bicyclic) bond motifs is 7. The summed E-state index contributed by atoms with van der Waals surface area (Å²) in [4.78, 5) is 28.0. The van der Waals surface area contributed by atoms with E-state index >= 15 is 0 Å². The molecule has 2 aliphatic rings. The van der Waals surface area contributed by atoms with Crippen molar-refractivity contribution in [1.82, 2.24) is 24.3 Å². The predicted molar refractivity (Wildman–Crippen MR) is 113 cm³/mol. The number of hydrogen-bond acceptors (Lipinski definition) is 7. The molecule has 0 unspecified atom stereocenters. The number of carbonyl (C=O) groups is 1. The van der Waals surface area contributed by atoms with Crippen LogP contribution in [0.2, 0.25) is 0 Å². The SMILES string of the molecule is Nc1nc2cnc(C(=O)N3CC[C@H]4C[C@@H]3c3ccc(OC(F)(F)F)cc3O4)cc2n2cncc12. The molecule has 0 spiro atoms. The van der Waals surface area contributed by atoms with Crippen LogP contribution in [0.1, 0.15) is 34.9 Å². The average molecular weight is 470 g/mol. The Kier molecular flexibility index (Phi) is 4.35. The zero-order valence-electron chi connectivity index (χ0n) is 17.5. The number of nitrogens with two attached hydrogens (primary N) is 1. The number of carbonyl (C=O) groups excluding carboxylic acids is 1. The van der Waals surface area contributed by atoms with Crippen molar-refractivity contribution >= 4 is 28.3 Å². The standard InChI is InChI=1S/C22H17F3N6O3/c23-22(24,25)34-12-1-2-13-16-5-11(33-19(13)6-12)3-4-30(16)21(32)14-7-17-15(8-28-14)29-20(26)18-9-27-10-31(17)18/h1-2,6-11,16H,3-5H2,(H2,26,29)/t11-,16+/m0/s1. The summed E-state index contributed by atoms with van der Waals surface area (Å²) in [5.41, 5.74) is 8.59. The third-order valence-corrected chi connectivity index (χ3v) is 6.17. The first-order chi connectivity index (χ1) is 16.3. The molecule has 34 heavy (non-hydrogen) atoms. The van der Waals surface area contributed by atoms with E-state index in [9.17, 15) is 18.0 Å². The number of amides is 1. The fourth-order valence-corrected chi connectivity index (χ4v) is 4.69. The summed E-state index contributed by atoms with van der Waals surface area (Å²) in [6.45, 7) is 0.425. The van der Waals surface area contributed by atoms with E-state index in [0.29, 0.717) is 47.3 Å². The van der Waals surface area contributed by atoms with E-state index in [0.717, 1.165) is 0 Å². The topological polar surface area (TPSA) is 108 Å². The minimum absolute atomic E-state index is 0.204. The van der Waals surface area contributed by atoms with Crippen molar-refractivity contribution in [3.05, 3.63) is 54.2 Å². The van der Waals surface area contributed by atoms with Gasteiger partial charge in [-0.2, -0.15) is 0 Å². The van der Waals surface area contributed by atoms with Crippen LogP contribution in [0.25, 0.3) is 16.6 Å². The molecule has 5 heterocycles. The van der Waals surface area contributed by atoms with E-state index in [1.54, 1.807) is 27.9 Å². The zero-order valence-corrected chi connectivity index (χ0v) is 17.5. The van der Waals surface area contributed by atoms with E-state index in [-0.39, 0.29) is 35.2 Å². The number of piperidine rings is 1. The van der Waals surface area contributed by atoms with Gasteiger partial charge in [0.05, 0.1) is 30.3 Å². The van der Waals surface area contributed by atoms with Crippen LogP contribution in [0.5, 0.6) is 11.5 Å². The number of ether oxygens (including phenoxy) is 2. The van der Waals surface area contributed by atoms with Crippen LogP contribution in [-0.4, -0.2) is 49.2 Å². The van der Waals surface area contributed by atoms with E-state index in [4.69, 9.17) is 10.5 Å². The van der Waals surface area contributed by atoms with Crippen molar-refractivity contribution in [3.63, 3.8) is 0 Å². The Balaban J connectivity index is 1.36. The highest BCUT2D eigenvalue weighted by molar-refractivity contribution is 5.96. The molecule has 0 aliphatic carbocycles. The third-order valence-electron chi connectivity index (χ3n) is 6.17. The molecule has 1 aromatic carbocycles. The number of aromatic nitrogens is 4. The van der Waals surface area contributed by atoms with Crippen LogP contribution in [0.4, 0.5) is 19.0 Å². The molecule has 1 fully saturated rings. The van der Waals surface area contributed by atoms with E-state index in [2.05, 4.69) is 19.7 Å². The molecule has 0 saturated carbocycles. The van der Waals surface area contributed by atoms with Gasteiger partial charge < -0.3 is 20.1 Å². The Morgan fingerprint density at radius 2 is 2.06 bits per heavy atom. The molecule has 9 nitrogen and oxygen atoms in total. The lowest BCUT2D eigenvalue weighted by molar-refractivity contribution is -0.274. The summed E-state index contributed by atoms with van der Waals surface area (Å²) in [6.07, 6.45) is 0.741. The van der Waals surface area contributed by atoms with E-state index in [1.807, 2.05) is 0 Å². The minimum atomic E-state index is -4.80. The highest BCUT2D eigenvalue weighted by Crippen LogP contribution is 2.44. The fraction of sp³-hybridized carbons (Fsp3) is 0.273. The number of anilines is 1. The van der Waals surface area contributed by atoms with Crippen molar-refractivity contribution in [2.45, 2.75) is 31.3 Å². The maximum Gasteiger partial charge on any atom is 0.573 e. The molecule has 2 aliphatic heterocycles. The Morgan fingerprint density at radius 3 is 2.88 bits per heavy atom.